The first-order valence-corrected chi connectivity index (χ1v) is 5.20. The number of rotatable bonds is 5. The molecular weight excluding hydrogens is 176 g/mol. The van der Waals surface area contributed by atoms with Crippen molar-refractivity contribution in [2.24, 2.45) is 5.73 Å². The van der Waals surface area contributed by atoms with Crippen molar-refractivity contribution >= 4 is 5.91 Å². The zero-order valence-electron chi connectivity index (χ0n) is 8.70. The SMILES string of the molecule is C#CCC(N)C(=O)N(CCC)C1CC1. The lowest BCUT2D eigenvalue weighted by Gasteiger charge is -2.24. The average molecular weight is 194 g/mol. The number of hydrogen-bond acceptors (Lipinski definition) is 2. The highest BCUT2D eigenvalue weighted by Gasteiger charge is 2.33. The summed E-state index contributed by atoms with van der Waals surface area (Å²) in [6, 6.07) is -0.0709. The Morgan fingerprint density at radius 2 is 2.36 bits per heavy atom. The zero-order chi connectivity index (χ0) is 10.6. The molecule has 1 atom stereocenters. The van der Waals surface area contributed by atoms with Crippen LogP contribution >= 0.6 is 0 Å². The number of nitrogens with zero attached hydrogens (tertiary/aromatic N) is 1. The highest BCUT2D eigenvalue weighted by molar-refractivity contribution is 5.82. The van der Waals surface area contributed by atoms with Gasteiger partial charge in [-0.05, 0) is 19.3 Å². The number of terminal acetylenes is 1. The summed E-state index contributed by atoms with van der Waals surface area (Å²) < 4.78 is 0. The van der Waals surface area contributed by atoms with E-state index >= 15 is 0 Å². The number of carbonyl (C=O) groups excluding carboxylic acids is 1. The maximum atomic E-state index is 11.8. The lowest BCUT2D eigenvalue weighted by Crippen LogP contribution is -2.45. The van der Waals surface area contributed by atoms with Crippen molar-refractivity contribution in [3.8, 4) is 12.3 Å². The third kappa shape index (κ3) is 2.74. The first kappa shape index (κ1) is 11.1. The van der Waals surface area contributed by atoms with E-state index in [4.69, 9.17) is 12.2 Å². The van der Waals surface area contributed by atoms with E-state index in [-0.39, 0.29) is 5.91 Å². The van der Waals surface area contributed by atoms with Gasteiger partial charge in [0, 0.05) is 19.0 Å². The molecule has 0 radical (unpaired) electrons. The summed E-state index contributed by atoms with van der Waals surface area (Å²) in [4.78, 5) is 13.7. The predicted octanol–water partition coefficient (Wildman–Crippen LogP) is 0.738. The quantitative estimate of drug-likeness (QED) is 0.656. The molecule has 0 heterocycles. The van der Waals surface area contributed by atoms with Crippen LogP contribution in [0.1, 0.15) is 32.6 Å². The molecule has 0 aliphatic heterocycles. The Morgan fingerprint density at radius 3 is 2.79 bits per heavy atom. The first-order valence-electron chi connectivity index (χ1n) is 5.20. The Bertz CT molecular complexity index is 240. The smallest absolute Gasteiger partial charge is 0.240 e. The Labute approximate surface area is 85.6 Å². The van der Waals surface area contributed by atoms with Crippen LogP contribution in [-0.2, 0) is 4.79 Å². The number of hydrogen-bond donors (Lipinski definition) is 1. The molecular formula is C11H18N2O. The largest absolute Gasteiger partial charge is 0.338 e. The first-order chi connectivity index (χ1) is 6.70. The maximum Gasteiger partial charge on any atom is 0.240 e. The molecule has 1 amide bonds. The summed E-state index contributed by atoms with van der Waals surface area (Å²) in [5.74, 6) is 2.45. The molecule has 3 nitrogen and oxygen atoms in total. The predicted molar refractivity (Wildman–Crippen MR) is 56.5 cm³/mol. The number of carbonyl (C=O) groups is 1. The van der Waals surface area contributed by atoms with Crippen molar-refractivity contribution in [3.63, 3.8) is 0 Å². The van der Waals surface area contributed by atoms with Crippen LogP contribution in [0.15, 0.2) is 0 Å². The molecule has 14 heavy (non-hydrogen) atoms. The van der Waals surface area contributed by atoms with Gasteiger partial charge in [-0.25, -0.2) is 0 Å². The molecule has 1 aliphatic carbocycles. The minimum absolute atomic E-state index is 0.0206. The molecule has 0 aromatic carbocycles. The highest BCUT2D eigenvalue weighted by atomic mass is 16.2. The van der Waals surface area contributed by atoms with Crippen LogP contribution in [0.25, 0.3) is 0 Å². The van der Waals surface area contributed by atoms with Crippen molar-refractivity contribution in [1.82, 2.24) is 4.90 Å². The standard InChI is InChI=1S/C11H18N2O/c1-3-5-10(12)11(14)13(8-4-2)9-6-7-9/h1,9-10H,4-8,12H2,2H3. The molecule has 1 fully saturated rings. The van der Waals surface area contributed by atoms with Crippen LogP contribution in [0.4, 0.5) is 0 Å². The summed E-state index contributed by atoms with van der Waals surface area (Å²) in [6.45, 7) is 2.87. The lowest BCUT2D eigenvalue weighted by atomic mass is 10.2. The normalized spacial score (nSPS) is 17.2. The van der Waals surface area contributed by atoms with Gasteiger partial charge in [-0.2, -0.15) is 0 Å². The molecule has 0 aromatic rings. The van der Waals surface area contributed by atoms with E-state index in [1.54, 1.807) is 0 Å². The Morgan fingerprint density at radius 1 is 1.71 bits per heavy atom. The second-order valence-corrected chi connectivity index (χ2v) is 3.78. The molecule has 1 rings (SSSR count). The fourth-order valence-electron chi connectivity index (χ4n) is 1.53. The monoisotopic (exact) mass is 194 g/mol. The minimum Gasteiger partial charge on any atom is -0.338 e. The molecule has 78 valence electrons. The van der Waals surface area contributed by atoms with Crippen molar-refractivity contribution in [1.29, 1.82) is 0 Å². The molecule has 1 saturated carbocycles. The van der Waals surface area contributed by atoms with Gasteiger partial charge in [-0.15, -0.1) is 12.3 Å². The molecule has 2 N–H and O–H groups in total. The Kier molecular flexibility index (Phi) is 3.97. The van der Waals surface area contributed by atoms with Crippen LogP contribution in [0.2, 0.25) is 0 Å². The van der Waals surface area contributed by atoms with Gasteiger partial charge in [0.2, 0.25) is 5.91 Å². The molecule has 3 heteroatoms. The van der Waals surface area contributed by atoms with Crippen LogP contribution in [0.5, 0.6) is 0 Å². The summed E-state index contributed by atoms with van der Waals surface area (Å²) >= 11 is 0. The second kappa shape index (κ2) is 5.02. The van der Waals surface area contributed by atoms with Gasteiger partial charge in [0.05, 0.1) is 6.04 Å². The van der Waals surface area contributed by atoms with E-state index in [0.29, 0.717) is 12.5 Å². The van der Waals surface area contributed by atoms with Gasteiger partial charge < -0.3 is 10.6 Å². The minimum atomic E-state index is -0.507. The zero-order valence-corrected chi connectivity index (χ0v) is 8.70. The number of nitrogens with two attached hydrogens (primary N) is 1. The van der Waals surface area contributed by atoms with Crippen molar-refractivity contribution < 1.29 is 4.79 Å². The highest BCUT2D eigenvalue weighted by Crippen LogP contribution is 2.27. The summed E-state index contributed by atoms with van der Waals surface area (Å²) in [7, 11) is 0. The third-order valence-electron chi connectivity index (χ3n) is 2.39. The van der Waals surface area contributed by atoms with Gasteiger partial charge >= 0.3 is 0 Å². The van der Waals surface area contributed by atoms with E-state index in [9.17, 15) is 4.79 Å². The van der Waals surface area contributed by atoms with Crippen LogP contribution < -0.4 is 5.73 Å². The van der Waals surface area contributed by atoms with Gasteiger partial charge in [0.15, 0.2) is 0 Å². The molecule has 1 unspecified atom stereocenters. The van der Waals surface area contributed by atoms with Crippen molar-refractivity contribution in [3.05, 3.63) is 0 Å². The van der Waals surface area contributed by atoms with Crippen molar-refractivity contribution in [2.45, 2.75) is 44.7 Å². The van der Waals surface area contributed by atoms with Gasteiger partial charge in [-0.1, -0.05) is 6.92 Å². The fraction of sp³-hybridized carbons (Fsp3) is 0.727. The van der Waals surface area contributed by atoms with E-state index in [0.717, 1.165) is 25.8 Å². The molecule has 1 aliphatic rings. The van der Waals surface area contributed by atoms with E-state index < -0.39 is 6.04 Å². The van der Waals surface area contributed by atoms with E-state index in [1.165, 1.54) is 0 Å². The summed E-state index contributed by atoms with van der Waals surface area (Å²) in [5, 5.41) is 0. The van der Waals surface area contributed by atoms with Crippen LogP contribution in [0.3, 0.4) is 0 Å². The maximum absolute atomic E-state index is 11.8. The van der Waals surface area contributed by atoms with Crippen LogP contribution in [-0.4, -0.2) is 29.4 Å². The Hall–Kier alpha value is -1.01. The third-order valence-corrected chi connectivity index (χ3v) is 2.39. The molecule has 0 saturated heterocycles. The van der Waals surface area contributed by atoms with Crippen LogP contribution in [0, 0.1) is 12.3 Å². The second-order valence-electron chi connectivity index (χ2n) is 3.78. The molecule has 0 spiro atoms. The van der Waals surface area contributed by atoms with E-state index in [2.05, 4.69) is 12.8 Å². The Balaban J connectivity index is 2.49. The molecule has 0 aromatic heterocycles. The van der Waals surface area contributed by atoms with E-state index in [1.807, 2.05) is 4.90 Å². The van der Waals surface area contributed by atoms with Gasteiger partial charge in [0.1, 0.15) is 0 Å². The summed E-state index contributed by atoms with van der Waals surface area (Å²) in [6.07, 6.45) is 8.69. The number of amides is 1. The van der Waals surface area contributed by atoms with Gasteiger partial charge in [-0.3, -0.25) is 4.79 Å². The average Bonchev–Trinajstić information content (AvgIpc) is 2.97. The fourth-order valence-corrected chi connectivity index (χ4v) is 1.53. The van der Waals surface area contributed by atoms with Crippen molar-refractivity contribution in [2.75, 3.05) is 6.54 Å². The van der Waals surface area contributed by atoms with Gasteiger partial charge in [0.25, 0.3) is 0 Å². The topological polar surface area (TPSA) is 46.3 Å². The summed E-state index contributed by atoms with van der Waals surface area (Å²) in [5.41, 5.74) is 5.69. The molecule has 0 bridgehead atoms. The lowest BCUT2D eigenvalue weighted by molar-refractivity contribution is -0.133.